The van der Waals surface area contributed by atoms with Crippen LogP contribution in [-0.2, 0) is 15.3 Å². The Hall–Kier alpha value is -1.04. The number of methoxy groups -OCH3 is 1. The third-order valence-electron chi connectivity index (χ3n) is 4.73. The Morgan fingerprint density at radius 3 is 2.71 bits per heavy atom. The number of benzene rings is 1. The van der Waals surface area contributed by atoms with Crippen molar-refractivity contribution >= 4 is 23.4 Å². The number of nitrogens with one attached hydrogen (secondary N) is 2. The highest BCUT2D eigenvalue weighted by molar-refractivity contribution is 7.99. The van der Waals surface area contributed by atoms with Gasteiger partial charge in [0.25, 0.3) is 0 Å². The standard InChI is InChI=1S/C19H30N2O2S/c1-14(2)24-12-16-6-5-7-17(15(16)3)21-18(22)19(13-23-4)8-10-20-11-9-19/h5-7,14,20H,8-13H2,1-4H3,(H,21,22). The van der Waals surface area contributed by atoms with E-state index in [1.54, 1.807) is 7.11 Å². The summed E-state index contributed by atoms with van der Waals surface area (Å²) in [5.41, 5.74) is 2.96. The van der Waals surface area contributed by atoms with Crippen molar-refractivity contribution in [3.8, 4) is 0 Å². The van der Waals surface area contributed by atoms with Gasteiger partial charge in [-0.05, 0) is 55.3 Å². The summed E-state index contributed by atoms with van der Waals surface area (Å²) in [5.74, 6) is 1.06. The Kier molecular flexibility index (Phi) is 7.14. The van der Waals surface area contributed by atoms with E-state index in [9.17, 15) is 4.79 Å². The lowest BCUT2D eigenvalue weighted by Gasteiger charge is -2.35. The highest BCUT2D eigenvalue weighted by atomic mass is 32.2. The molecule has 1 heterocycles. The predicted octanol–water partition coefficient (Wildman–Crippen LogP) is 3.59. The monoisotopic (exact) mass is 350 g/mol. The van der Waals surface area contributed by atoms with Crippen LogP contribution in [0.1, 0.15) is 37.8 Å². The van der Waals surface area contributed by atoms with E-state index in [0.29, 0.717) is 11.9 Å². The maximum atomic E-state index is 13.0. The maximum absolute atomic E-state index is 13.0. The summed E-state index contributed by atoms with van der Waals surface area (Å²) < 4.78 is 5.37. The number of anilines is 1. The van der Waals surface area contributed by atoms with Crippen molar-refractivity contribution in [1.29, 1.82) is 0 Å². The van der Waals surface area contributed by atoms with Crippen molar-refractivity contribution < 1.29 is 9.53 Å². The van der Waals surface area contributed by atoms with E-state index < -0.39 is 5.41 Å². The minimum atomic E-state index is -0.422. The van der Waals surface area contributed by atoms with Crippen molar-refractivity contribution in [1.82, 2.24) is 5.32 Å². The summed E-state index contributed by atoms with van der Waals surface area (Å²) in [6.07, 6.45) is 1.63. The molecule has 1 aromatic rings. The molecule has 0 radical (unpaired) electrons. The minimum Gasteiger partial charge on any atom is -0.384 e. The Bertz CT molecular complexity index is 549. The fourth-order valence-electron chi connectivity index (χ4n) is 3.11. The number of piperidine rings is 1. The fraction of sp³-hybridized carbons (Fsp3) is 0.632. The van der Waals surface area contributed by atoms with Crippen LogP contribution in [0.3, 0.4) is 0 Å². The van der Waals surface area contributed by atoms with Crippen LogP contribution in [0.25, 0.3) is 0 Å². The molecule has 2 rings (SSSR count). The van der Waals surface area contributed by atoms with Crippen LogP contribution in [0, 0.1) is 12.3 Å². The van der Waals surface area contributed by atoms with Gasteiger partial charge in [-0.3, -0.25) is 4.79 Å². The topological polar surface area (TPSA) is 50.4 Å². The SMILES string of the molecule is COCC1(C(=O)Nc2cccc(CSC(C)C)c2C)CCNCC1. The Balaban J connectivity index is 2.14. The van der Waals surface area contributed by atoms with Crippen LogP contribution >= 0.6 is 11.8 Å². The van der Waals surface area contributed by atoms with Gasteiger partial charge in [-0.2, -0.15) is 11.8 Å². The first-order valence-corrected chi connectivity index (χ1v) is 9.74. The number of carbonyl (C=O) groups is 1. The summed E-state index contributed by atoms with van der Waals surface area (Å²) in [4.78, 5) is 13.0. The third-order valence-corrected chi connectivity index (χ3v) is 5.87. The fourth-order valence-corrected chi connectivity index (χ4v) is 3.93. The molecule has 1 aliphatic heterocycles. The van der Waals surface area contributed by atoms with Gasteiger partial charge in [0.2, 0.25) is 5.91 Å². The van der Waals surface area contributed by atoms with Crippen LogP contribution in [0.4, 0.5) is 5.69 Å². The van der Waals surface area contributed by atoms with Crippen LogP contribution in [0.5, 0.6) is 0 Å². The van der Waals surface area contributed by atoms with Gasteiger partial charge in [0.1, 0.15) is 0 Å². The third kappa shape index (κ3) is 4.74. The summed E-state index contributed by atoms with van der Waals surface area (Å²) in [5, 5.41) is 7.10. The lowest BCUT2D eigenvalue weighted by Crippen LogP contribution is -2.47. The first-order chi connectivity index (χ1) is 11.5. The summed E-state index contributed by atoms with van der Waals surface area (Å²) in [6.45, 7) is 8.70. The number of hydrogen-bond donors (Lipinski definition) is 2. The van der Waals surface area contributed by atoms with Crippen LogP contribution in [0.15, 0.2) is 18.2 Å². The summed E-state index contributed by atoms with van der Waals surface area (Å²) in [7, 11) is 1.67. The van der Waals surface area contributed by atoms with Gasteiger partial charge in [-0.1, -0.05) is 26.0 Å². The molecule has 1 aliphatic rings. The van der Waals surface area contributed by atoms with Crippen molar-refractivity contribution in [3.63, 3.8) is 0 Å². The largest absolute Gasteiger partial charge is 0.384 e. The van der Waals surface area contributed by atoms with Gasteiger partial charge in [-0.25, -0.2) is 0 Å². The molecule has 24 heavy (non-hydrogen) atoms. The van der Waals surface area contributed by atoms with Crippen molar-refractivity contribution in [2.45, 2.75) is 44.6 Å². The van der Waals surface area contributed by atoms with Gasteiger partial charge in [0.15, 0.2) is 0 Å². The van der Waals surface area contributed by atoms with Crippen molar-refractivity contribution in [3.05, 3.63) is 29.3 Å². The number of rotatable bonds is 7. The van der Waals surface area contributed by atoms with E-state index in [0.717, 1.165) is 37.4 Å². The summed E-state index contributed by atoms with van der Waals surface area (Å²) >= 11 is 1.92. The Labute approximate surface area is 150 Å². The van der Waals surface area contributed by atoms with E-state index in [2.05, 4.69) is 37.5 Å². The molecular formula is C19H30N2O2S. The molecule has 0 aromatic heterocycles. The molecule has 1 fully saturated rings. The van der Waals surface area contributed by atoms with Gasteiger partial charge >= 0.3 is 0 Å². The van der Waals surface area contributed by atoms with Crippen LogP contribution in [0.2, 0.25) is 0 Å². The van der Waals surface area contributed by atoms with Gasteiger partial charge in [0.05, 0.1) is 12.0 Å². The van der Waals surface area contributed by atoms with E-state index in [-0.39, 0.29) is 5.91 Å². The van der Waals surface area contributed by atoms with E-state index in [4.69, 9.17) is 4.74 Å². The highest BCUT2D eigenvalue weighted by Gasteiger charge is 2.39. The number of thioether (sulfide) groups is 1. The molecule has 1 amide bonds. The molecule has 0 unspecified atom stereocenters. The molecule has 5 heteroatoms. The molecule has 1 saturated heterocycles. The van der Waals surface area contributed by atoms with Gasteiger partial charge in [-0.15, -0.1) is 0 Å². The molecule has 1 aromatic carbocycles. The number of ether oxygens (including phenoxy) is 1. The minimum absolute atomic E-state index is 0.0858. The normalized spacial score (nSPS) is 17.0. The summed E-state index contributed by atoms with van der Waals surface area (Å²) in [6, 6.07) is 6.18. The van der Waals surface area contributed by atoms with Crippen molar-refractivity contribution in [2.75, 3.05) is 32.1 Å². The average Bonchev–Trinajstić information content (AvgIpc) is 2.56. The second-order valence-electron chi connectivity index (χ2n) is 6.87. The number of amides is 1. The smallest absolute Gasteiger partial charge is 0.233 e. The predicted molar refractivity (Wildman–Crippen MR) is 103 cm³/mol. The first-order valence-electron chi connectivity index (χ1n) is 8.70. The molecular weight excluding hydrogens is 320 g/mol. The van der Waals surface area contributed by atoms with Crippen molar-refractivity contribution in [2.24, 2.45) is 5.41 Å². The molecule has 0 spiro atoms. The number of hydrogen-bond acceptors (Lipinski definition) is 4. The quantitative estimate of drug-likeness (QED) is 0.789. The Morgan fingerprint density at radius 1 is 1.38 bits per heavy atom. The van der Waals surface area contributed by atoms with Crippen LogP contribution < -0.4 is 10.6 Å². The molecule has 2 N–H and O–H groups in total. The lowest BCUT2D eigenvalue weighted by molar-refractivity contribution is -0.130. The van der Waals surface area contributed by atoms with Gasteiger partial charge in [0, 0.05) is 18.6 Å². The zero-order valence-corrected chi connectivity index (χ0v) is 16.1. The zero-order chi connectivity index (χ0) is 17.6. The molecule has 0 aliphatic carbocycles. The molecule has 134 valence electrons. The second kappa shape index (κ2) is 8.88. The number of carbonyl (C=O) groups excluding carboxylic acids is 1. The molecule has 0 atom stereocenters. The van der Waals surface area contributed by atoms with Crippen LogP contribution in [-0.4, -0.2) is 38.0 Å². The maximum Gasteiger partial charge on any atom is 0.233 e. The molecule has 4 nitrogen and oxygen atoms in total. The molecule has 0 bridgehead atoms. The van der Waals surface area contributed by atoms with Gasteiger partial charge < -0.3 is 15.4 Å². The zero-order valence-electron chi connectivity index (χ0n) is 15.3. The van der Waals surface area contributed by atoms with E-state index >= 15 is 0 Å². The molecule has 0 saturated carbocycles. The Morgan fingerprint density at radius 2 is 2.08 bits per heavy atom. The first kappa shape index (κ1) is 19.3. The van der Waals surface area contributed by atoms with E-state index in [1.165, 1.54) is 11.1 Å². The highest BCUT2D eigenvalue weighted by Crippen LogP contribution is 2.32. The average molecular weight is 351 g/mol. The second-order valence-corrected chi connectivity index (χ2v) is 8.43. The lowest BCUT2D eigenvalue weighted by atomic mass is 9.78. The van der Waals surface area contributed by atoms with E-state index in [1.807, 2.05) is 23.9 Å².